The average Bonchev–Trinajstić information content (AvgIpc) is 3.42. The number of piperidine rings is 1. The number of halogens is 2. The van der Waals surface area contributed by atoms with Crippen LogP contribution in [0.3, 0.4) is 0 Å². The highest BCUT2D eigenvalue weighted by Gasteiger charge is 2.65. The summed E-state index contributed by atoms with van der Waals surface area (Å²) in [5.41, 5.74) is 0.0712. The highest BCUT2D eigenvalue weighted by molar-refractivity contribution is 7.93. The van der Waals surface area contributed by atoms with Crippen LogP contribution in [0.25, 0.3) is 0 Å². The van der Waals surface area contributed by atoms with Gasteiger partial charge in [0.1, 0.15) is 5.82 Å². The number of amides is 1. The van der Waals surface area contributed by atoms with Gasteiger partial charge in [-0.2, -0.15) is 0 Å². The predicted molar refractivity (Wildman–Crippen MR) is 180 cm³/mol. The Balaban J connectivity index is 0.945. The number of carboxylic acid groups (broad SMARTS) is 1. The Hall–Kier alpha value is -2.76. The molecule has 11 heteroatoms. The molecule has 2 aromatic carbocycles. The van der Waals surface area contributed by atoms with E-state index < -0.39 is 31.8 Å². The first-order valence-electron chi connectivity index (χ1n) is 18.0. The molecule has 0 aromatic heterocycles. The molecule has 3 aliphatic heterocycles. The second-order valence-corrected chi connectivity index (χ2v) is 18.3. The molecule has 48 heavy (non-hydrogen) atoms. The lowest BCUT2D eigenvalue weighted by atomic mass is 9.55. The van der Waals surface area contributed by atoms with Crippen LogP contribution < -0.4 is 10.2 Å². The molecule has 2 aromatic rings. The maximum atomic E-state index is 16.1. The van der Waals surface area contributed by atoms with Crippen LogP contribution in [0.15, 0.2) is 53.4 Å². The lowest BCUT2D eigenvalue weighted by Gasteiger charge is -2.60. The van der Waals surface area contributed by atoms with E-state index in [1.165, 1.54) is 6.07 Å². The summed E-state index contributed by atoms with van der Waals surface area (Å²) in [6.07, 6.45) is 6.81. The number of likely N-dealkylation sites (tertiary alicyclic amines) is 2. The molecule has 0 spiro atoms. The predicted octanol–water partition coefficient (Wildman–Crippen LogP) is 5.47. The van der Waals surface area contributed by atoms with Crippen molar-refractivity contribution in [2.45, 2.75) is 84.6 Å². The van der Waals surface area contributed by atoms with Crippen LogP contribution in [-0.2, 0) is 15.3 Å². The molecule has 4 saturated carbocycles. The number of hydrogen-bond donors (Lipinski definition) is 2. The molecule has 3 atom stereocenters. The van der Waals surface area contributed by atoms with E-state index in [4.69, 9.17) is 0 Å². The van der Waals surface area contributed by atoms with Crippen molar-refractivity contribution < 1.29 is 27.1 Å². The second kappa shape index (κ2) is 11.9. The van der Waals surface area contributed by atoms with Crippen molar-refractivity contribution in [3.05, 3.63) is 59.9 Å². The standard InChI is InChI=1S/C37H48F2N4O4S/c38-29-5-1-4-28(18-29)37(25-41-14-3-15-41,32-6-2-7-33(32)40-34(44)45)27-12-16-42(17-13-27)22-35(39)23-43(24-35)30-8-10-31(11-9-30)48(46,47)36-19-26(20-36)21-36/h1,4-5,8-11,18,26-27,32-33,40H,2-3,6-7,12-17,19-25H2,(H,44,45)/t26?,32-,33-,36?,37?/m0/s1. The molecule has 7 aliphatic rings. The van der Waals surface area contributed by atoms with Gasteiger partial charge < -0.3 is 20.2 Å². The number of alkyl halides is 1. The lowest BCUT2D eigenvalue weighted by Crippen LogP contribution is -2.65. The van der Waals surface area contributed by atoms with Crippen LogP contribution in [0.1, 0.15) is 63.4 Å². The van der Waals surface area contributed by atoms with Crippen molar-refractivity contribution in [2.75, 3.05) is 57.3 Å². The zero-order valence-electron chi connectivity index (χ0n) is 27.6. The van der Waals surface area contributed by atoms with Crippen LogP contribution >= 0.6 is 0 Å². The summed E-state index contributed by atoms with van der Waals surface area (Å²) < 4.78 is 56.7. The Morgan fingerprint density at radius 3 is 2.23 bits per heavy atom. The Kier molecular flexibility index (Phi) is 8.07. The third kappa shape index (κ3) is 5.43. The largest absolute Gasteiger partial charge is 0.465 e. The van der Waals surface area contributed by atoms with E-state index in [1.54, 1.807) is 24.3 Å². The summed E-state index contributed by atoms with van der Waals surface area (Å²) in [4.78, 5) is 18.9. The van der Waals surface area contributed by atoms with Crippen LogP contribution in [0.2, 0.25) is 0 Å². The summed E-state index contributed by atoms with van der Waals surface area (Å²) in [6.45, 7) is 5.17. The molecule has 2 N–H and O–H groups in total. The maximum absolute atomic E-state index is 16.1. The van der Waals surface area contributed by atoms with E-state index >= 15 is 4.39 Å². The van der Waals surface area contributed by atoms with Crippen LogP contribution in [0.4, 0.5) is 19.3 Å². The smallest absolute Gasteiger partial charge is 0.404 e. The Labute approximate surface area is 282 Å². The van der Waals surface area contributed by atoms with E-state index in [9.17, 15) is 22.7 Å². The Bertz CT molecular complexity index is 1620. The fourth-order valence-electron chi connectivity index (χ4n) is 10.4. The van der Waals surface area contributed by atoms with Gasteiger partial charge in [0.15, 0.2) is 15.5 Å². The fraction of sp³-hybridized carbons (Fsp3) is 0.649. The number of anilines is 1. The second-order valence-electron chi connectivity index (χ2n) is 16.0. The van der Waals surface area contributed by atoms with Crippen molar-refractivity contribution in [1.82, 2.24) is 15.1 Å². The van der Waals surface area contributed by atoms with E-state index in [0.717, 1.165) is 102 Å². The molecule has 3 heterocycles. The van der Waals surface area contributed by atoms with Gasteiger partial charge in [-0.05, 0) is 137 Å². The Morgan fingerprint density at radius 2 is 1.65 bits per heavy atom. The monoisotopic (exact) mass is 682 g/mol. The van der Waals surface area contributed by atoms with E-state index in [0.29, 0.717) is 17.4 Å². The summed E-state index contributed by atoms with van der Waals surface area (Å²) in [5, 5.41) is 12.6. The molecular formula is C37H48F2N4O4S. The summed E-state index contributed by atoms with van der Waals surface area (Å²) in [6, 6.07) is 13.8. The molecule has 3 saturated heterocycles. The number of hydrogen-bond acceptors (Lipinski definition) is 6. The minimum absolute atomic E-state index is 0.0561. The van der Waals surface area contributed by atoms with Gasteiger partial charge in [-0.25, -0.2) is 22.0 Å². The third-order valence-electron chi connectivity index (χ3n) is 13.1. The van der Waals surface area contributed by atoms with Gasteiger partial charge in [-0.1, -0.05) is 18.6 Å². The van der Waals surface area contributed by atoms with Gasteiger partial charge in [0.2, 0.25) is 0 Å². The van der Waals surface area contributed by atoms with Gasteiger partial charge in [0, 0.05) is 30.2 Å². The zero-order chi connectivity index (χ0) is 33.3. The normalized spacial score (nSPS) is 31.5. The first-order chi connectivity index (χ1) is 23.0. The highest BCUT2D eigenvalue weighted by atomic mass is 32.2. The van der Waals surface area contributed by atoms with E-state index in [-0.39, 0.29) is 36.8 Å². The molecule has 260 valence electrons. The summed E-state index contributed by atoms with van der Waals surface area (Å²) >= 11 is 0. The Morgan fingerprint density at radius 1 is 0.938 bits per heavy atom. The van der Waals surface area contributed by atoms with Gasteiger partial charge in [0.25, 0.3) is 0 Å². The SMILES string of the molecule is O=C(O)N[C@H]1CCC[C@@H]1C(CN1CCC1)(c1cccc(F)c1)C1CCN(CC2(F)CN(c3ccc(S(=O)(=O)C45CC(C4)C5)cc3)C2)CC1. The number of nitrogens with zero attached hydrogens (tertiary/aromatic N) is 3. The van der Waals surface area contributed by atoms with E-state index in [2.05, 4.69) is 15.1 Å². The minimum atomic E-state index is -3.31. The fourth-order valence-corrected chi connectivity index (χ4v) is 12.8. The third-order valence-corrected chi connectivity index (χ3v) is 15.7. The van der Waals surface area contributed by atoms with Gasteiger partial charge in [-0.15, -0.1) is 0 Å². The molecule has 2 bridgehead atoms. The van der Waals surface area contributed by atoms with Crippen LogP contribution in [0.5, 0.6) is 0 Å². The molecule has 7 fully saturated rings. The van der Waals surface area contributed by atoms with Crippen molar-refractivity contribution in [2.24, 2.45) is 17.8 Å². The van der Waals surface area contributed by atoms with Gasteiger partial charge in [0.05, 0.1) is 22.7 Å². The summed E-state index contributed by atoms with van der Waals surface area (Å²) in [7, 11) is -3.31. The van der Waals surface area contributed by atoms with Crippen molar-refractivity contribution in [1.29, 1.82) is 0 Å². The average molecular weight is 683 g/mol. The number of carbonyl (C=O) groups is 1. The summed E-state index contributed by atoms with van der Waals surface area (Å²) in [5.74, 6) is 0.593. The maximum Gasteiger partial charge on any atom is 0.404 e. The molecule has 8 nitrogen and oxygen atoms in total. The number of benzene rings is 2. The lowest BCUT2D eigenvalue weighted by molar-refractivity contribution is 0.00601. The highest BCUT2D eigenvalue weighted by Crippen LogP contribution is 2.63. The van der Waals surface area contributed by atoms with E-state index in [1.807, 2.05) is 23.1 Å². The van der Waals surface area contributed by atoms with Crippen LogP contribution in [0, 0.1) is 23.6 Å². The quantitative estimate of drug-likeness (QED) is 0.325. The molecule has 4 aliphatic carbocycles. The molecule has 1 amide bonds. The van der Waals surface area contributed by atoms with Crippen molar-refractivity contribution in [3.8, 4) is 0 Å². The van der Waals surface area contributed by atoms with Gasteiger partial charge >= 0.3 is 6.09 Å². The molecule has 9 rings (SSSR count). The molecular weight excluding hydrogens is 634 g/mol. The minimum Gasteiger partial charge on any atom is -0.465 e. The van der Waals surface area contributed by atoms with Crippen molar-refractivity contribution in [3.63, 3.8) is 0 Å². The first kappa shape index (κ1) is 32.4. The molecule has 1 unspecified atom stereocenters. The first-order valence-corrected chi connectivity index (χ1v) is 19.5. The van der Waals surface area contributed by atoms with Crippen LogP contribution in [-0.4, -0.2) is 98.2 Å². The number of rotatable bonds is 11. The number of sulfone groups is 1. The topological polar surface area (TPSA) is 93.2 Å². The zero-order valence-corrected chi connectivity index (χ0v) is 28.4. The number of nitrogens with one attached hydrogen (secondary N) is 1. The van der Waals surface area contributed by atoms with Crippen molar-refractivity contribution >= 4 is 21.6 Å². The molecule has 0 radical (unpaired) electrons. The van der Waals surface area contributed by atoms with Gasteiger partial charge in [-0.3, -0.25) is 4.90 Å².